The van der Waals surface area contributed by atoms with Gasteiger partial charge >= 0.3 is 0 Å². The molecule has 0 aliphatic carbocycles. The van der Waals surface area contributed by atoms with E-state index >= 15 is 0 Å². The third-order valence-electron chi connectivity index (χ3n) is 4.22. The van der Waals surface area contributed by atoms with Gasteiger partial charge in [-0.15, -0.1) is 6.58 Å². The zero-order valence-corrected chi connectivity index (χ0v) is 15.3. The number of anilines is 3. The number of fused-ring (bicyclic) bond motifs is 1. The fraction of sp³-hybridized carbons (Fsp3) is 0.211. The van der Waals surface area contributed by atoms with Gasteiger partial charge in [0.2, 0.25) is 5.91 Å². The van der Waals surface area contributed by atoms with Gasteiger partial charge in [0.25, 0.3) is 10.0 Å². The first-order chi connectivity index (χ1) is 12.4. The van der Waals surface area contributed by atoms with Gasteiger partial charge in [-0.25, -0.2) is 8.42 Å². The van der Waals surface area contributed by atoms with Crippen molar-refractivity contribution in [3.63, 3.8) is 0 Å². The van der Waals surface area contributed by atoms with Crippen LogP contribution in [0.5, 0.6) is 0 Å². The fourth-order valence-corrected chi connectivity index (χ4v) is 4.04. The summed E-state index contributed by atoms with van der Waals surface area (Å²) in [4.78, 5) is 13.5. The molecule has 0 radical (unpaired) electrons. The van der Waals surface area contributed by atoms with Gasteiger partial charge < -0.3 is 10.2 Å². The van der Waals surface area contributed by atoms with Crippen molar-refractivity contribution < 1.29 is 13.2 Å². The number of carbonyl (C=O) groups is 1. The van der Waals surface area contributed by atoms with Gasteiger partial charge in [0.05, 0.1) is 4.90 Å². The molecule has 2 aromatic carbocycles. The molecule has 0 aromatic heterocycles. The lowest BCUT2D eigenvalue weighted by atomic mass is 10.2. The SMILES string of the molecule is C=CCNc1ccc(NS(=O)(=O)c2ccc3c(c2)CCN3C(C)=O)cc1. The molecule has 0 fully saturated rings. The normalized spacial score (nSPS) is 13.2. The molecule has 6 nitrogen and oxygen atoms in total. The molecule has 2 aromatic rings. The molecule has 0 spiro atoms. The molecule has 0 bridgehead atoms. The van der Waals surface area contributed by atoms with Crippen molar-refractivity contribution in [2.24, 2.45) is 0 Å². The van der Waals surface area contributed by atoms with Crippen LogP contribution in [0, 0.1) is 0 Å². The van der Waals surface area contributed by atoms with Crippen LogP contribution in [0.1, 0.15) is 12.5 Å². The van der Waals surface area contributed by atoms with Gasteiger partial charge in [0.1, 0.15) is 0 Å². The van der Waals surface area contributed by atoms with E-state index in [1.807, 2.05) is 0 Å². The van der Waals surface area contributed by atoms with E-state index in [9.17, 15) is 13.2 Å². The largest absolute Gasteiger partial charge is 0.382 e. The van der Waals surface area contributed by atoms with Crippen LogP contribution < -0.4 is 14.9 Å². The van der Waals surface area contributed by atoms with Crippen molar-refractivity contribution in [1.82, 2.24) is 0 Å². The minimum atomic E-state index is -3.69. The zero-order chi connectivity index (χ0) is 18.7. The highest BCUT2D eigenvalue weighted by atomic mass is 32.2. The summed E-state index contributed by atoms with van der Waals surface area (Å²) in [5.74, 6) is -0.0392. The molecule has 26 heavy (non-hydrogen) atoms. The van der Waals surface area contributed by atoms with Crippen molar-refractivity contribution >= 4 is 33.0 Å². The standard InChI is InChI=1S/C19H21N3O3S/c1-3-11-20-16-4-6-17(7-5-16)21-26(24,25)18-8-9-19-15(13-18)10-12-22(19)14(2)23/h3-9,13,20-21H,1,10-12H2,2H3. The number of hydrogen-bond donors (Lipinski definition) is 2. The molecule has 7 heteroatoms. The van der Waals surface area contributed by atoms with E-state index in [0.29, 0.717) is 25.2 Å². The Morgan fingerprint density at radius 3 is 2.54 bits per heavy atom. The molecular formula is C19H21N3O3S. The molecule has 0 atom stereocenters. The van der Waals surface area contributed by atoms with E-state index < -0.39 is 10.0 Å². The average molecular weight is 371 g/mol. The highest BCUT2D eigenvalue weighted by Gasteiger charge is 2.24. The zero-order valence-electron chi connectivity index (χ0n) is 14.5. The number of hydrogen-bond acceptors (Lipinski definition) is 4. The summed E-state index contributed by atoms with van der Waals surface area (Å²) in [6, 6.07) is 11.9. The van der Waals surface area contributed by atoms with Crippen molar-refractivity contribution in [2.45, 2.75) is 18.2 Å². The van der Waals surface area contributed by atoms with Crippen LogP contribution in [-0.2, 0) is 21.2 Å². The summed E-state index contributed by atoms with van der Waals surface area (Å²) >= 11 is 0. The van der Waals surface area contributed by atoms with Crippen molar-refractivity contribution in [3.05, 3.63) is 60.7 Å². The molecule has 0 saturated carbocycles. The quantitative estimate of drug-likeness (QED) is 0.765. The van der Waals surface area contributed by atoms with E-state index in [2.05, 4.69) is 16.6 Å². The van der Waals surface area contributed by atoms with Crippen LogP contribution in [0.2, 0.25) is 0 Å². The molecule has 3 rings (SSSR count). The highest BCUT2D eigenvalue weighted by molar-refractivity contribution is 7.92. The molecule has 136 valence electrons. The molecule has 1 aliphatic heterocycles. The maximum atomic E-state index is 12.7. The summed E-state index contributed by atoms with van der Waals surface area (Å²) in [6.45, 7) is 6.37. The Balaban J connectivity index is 1.78. The predicted molar refractivity (Wildman–Crippen MR) is 104 cm³/mol. The molecule has 1 aliphatic rings. The Morgan fingerprint density at radius 2 is 1.88 bits per heavy atom. The topological polar surface area (TPSA) is 78.5 Å². The third-order valence-corrected chi connectivity index (χ3v) is 5.60. The maximum Gasteiger partial charge on any atom is 0.261 e. The smallest absolute Gasteiger partial charge is 0.261 e. The first-order valence-corrected chi connectivity index (χ1v) is 9.78. The summed E-state index contributed by atoms with van der Waals surface area (Å²) in [5, 5.41) is 3.13. The number of carbonyl (C=O) groups excluding carboxylic acids is 1. The lowest BCUT2D eigenvalue weighted by Gasteiger charge is -2.15. The second kappa shape index (κ2) is 7.21. The molecule has 0 unspecified atom stereocenters. The Hall–Kier alpha value is -2.80. The van der Waals surface area contributed by atoms with Gasteiger partial charge in [-0.05, 0) is 54.4 Å². The van der Waals surface area contributed by atoms with E-state index in [4.69, 9.17) is 0 Å². The van der Waals surface area contributed by atoms with Crippen molar-refractivity contribution in [3.8, 4) is 0 Å². The number of nitrogens with zero attached hydrogens (tertiary/aromatic N) is 1. The number of amides is 1. The van der Waals surface area contributed by atoms with Crippen LogP contribution in [0.15, 0.2) is 60.0 Å². The predicted octanol–water partition coefficient (Wildman–Crippen LogP) is 2.99. The van der Waals surface area contributed by atoms with Crippen LogP contribution in [0.3, 0.4) is 0 Å². The number of benzene rings is 2. The van der Waals surface area contributed by atoms with Gasteiger partial charge in [-0.1, -0.05) is 6.08 Å². The number of nitrogens with one attached hydrogen (secondary N) is 2. The lowest BCUT2D eigenvalue weighted by Crippen LogP contribution is -2.25. The summed E-state index contributed by atoms with van der Waals surface area (Å²) in [5.41, 5.74) is 3.02. The second-order valence-electron chi connectivity index (χ2n) is 6.06. The first kappa shape index (κ1) is 18.0. The van der Waals surface area contributed by atoms with E-state index in [0.717, 1.165) is 16.9 Å². The number of sulfonamides is 1. The van der Waals surface area contributed by atoms with Crippen LogP contribution >= 0.6 is 0 Å². The first-order valence-electron chi connectivity index (χ1n) is 8.29. The van der Waals surface area contributed by atoms with Gasteiger partial charge in [0, 0.05) is 37.1 Å². The molecule has 1 amide bonds. The molecular weight excluding hydrogens is 350 g/mol. The van der Waals surface area contributed by atoms with Crippen LogP contribution in [0.25, 0.3) is 0 Å². The Bertz CT molecular complexity index is 937. The minimum absolute atomic E-state index is 0.0392. The third kappa shape index (κ3) is 3.72. The van der Waals surface area contributed by atoms with Gasteiger partial charge in [-0.2, -0.15) is 0 Å². The minimum Gasteiger partial charge on any atom is -0.382 e. The van der Waals surface area contributed by atoms with Crippen LogP contribution in [-0.4, -0.2) is 27.4 Å². The van der Waals surface area contributed by atoms with E-state index in [1.54, 1.807) is 47.4 Å². The van der Waals surface area contributed by atoms with E-state index in [1.165, 1.54) is 13.0 Å². The Labute approximate surface area is 153 Å². The summed E-state index contributed by atoms with van der Waals surface area (Å²) < 4.78 is 27.9. The molecule has 1 heterocycles. The van der Waals surface area contributed by atoms with Gasteiger partial charge in [0.15, 0.2) is 0 Å². The summed E-state index contributed by atoms with van der Waals surface area (Å²) in [6.07, 6.45) is 2.40. The van der Waals surface area contributed by atoms with Crippen LogP contribution in [0.4, 0.5) is 17.1 Å². The Morgan fingerprint density at radius 1 is 1.19 bits per heavy atom. The average Bonchev–Trinajstić information content (AvgIpc) is 3.04. The lowest BCUT2D eigenvalue weighted by molar-refractivity contribution is -0.116. The van der Waals surface area contributed by atoms with Crippen molar-refractivity contribution in [1.29, 1.82) is 0 Å². The Kier molecular flexibility index (Phi) is 4.99. The van der Waals surface area contributed by atoms with E-state index in [-0.39, 0.29) is 10.8 Å². The second-order valence-corrected chi connectivity index (χ2v) is 7.75. The monoisotopic (exact) mass is 371 g/mol. The fourth-order valence-electron chi connectivity index (χ4n) is 2.93. The molecule has 2 N–H and O–H groups in total. The van der Waals surface area contributed by atoms with Gasteiger partial charge in [-0.3, -0.25) is 9.52 Å². The van der Waals surface area contributed by atoms with Crippen molar-refractivity contribution in [2.75, 3.05) is 28.0 Å². The molecule has 0 saturated heterocycles. The number of rotatable bonds is 6. The maximum absolute atomic E-state index is 12.7. The highest BCUT2D eigenvalue weighted by Crippen LogP contribution is 2.30. The summed E-state index contributed by atoms with van der Waals surface area (Å²) in [7, 11) is -3.69.